The number of nitrogens with zero attached hydrogens (tertiary/aromatic N) is 2. The number of aryl methyl sites for hydroxylation is 1. The number of benzene rings is 1. The van der Waals surface area contributed by atoms with Crippen molar-refractivity contribution in [3.05, 3.63) is 52.1 Å². The van der Waals surface area contributed by atoms with Gasteiger partial charge in [-0.3, -0.25) is 0 Å². The number of aromatic nitrogens is 2. The predicted molar refractivity (Wildman–Crippen MR) is 88.5 cm³/mol. The van der Waals surface area contributed by atoms with Crippen LogP contribution in [0.2, 0.25) is 5.15 Å². The Hall–Kier alpha value is -1.57. The summed E-state index contributed by atoms with van der Waals surface area (Å²) in [4.78, 5) is 4.36. The number of fused-ring (bicyclic) bond motifs is 1. The van der Waals surface area contributed by atoms with E-state index in [1.807, 2.05) is 0 Å². The van der Waals surface area contributed by atoms with Gasteiger partial charge in [0.2, 0.25) is 0 Å². The fourth-order valence-corrected chi connectivity index (χ4v) is 3.49. The third kappa shape index (κ3) is 3.99. The Morgan fingerprint density at radius 3 is 2.68 bits per heavy atom. The lowest BCUT2D eigenvalue weighted by molar-refractivity contribution is -0.137. The van der Waals surface area contributed by atoms with Crippen LogP contribution < -0.4 is 5.32 Å². The molecule has 136 valence electrons. The SMILES string of the molecule is COCc1nc(Cl)c2n1CCNC2CCc1ccc(C(F)(F)F)cc1. The van der Waals surface area contributed by atoms with Crippen LogP contribution >= 0.6 is 11.6 Å². The lowest BCUT2D eigenvalue weighted by Gasteiger charge is -2.27. The zero-order chi connectivity index (χ0) is 18.0. The molecule has 0 amide bonds. The summed E-state index contributed by atoms with van der Waals surface area (Å²) in [5.41, 5.74) is 1.16. The molecule has 1 atom stereocenters. The van der Waals surface area contributed by atoms with Gasteiger partial charge in [0, 0.05) is 20.2 Å². The Labute approximate surface area is 149 Å². The van der Waals surface area contributed by atoms with E-state index >= 15 is 0 Å². The van der Waals surface area contributed by atoms with E-state index in [1.54, 1.807) is 7.11 Å². The van der Waals surface area contributed by atoms with Crippen molar-refractivity contribution in [2.75, 3.05) is 13.7 Å². The minimum Gasteiger partial charge on any atom is -0.377 e. The highest BCUT2D eigenvalue weighted by Gasteiger charge is 2.30. The van der Waals surface area contributed by atoms with Crippen molar-refractivity contribution in [1.82, 2.24) is 14.9 Å². The molecular formula is C17H19ClF3N3O. The number of alkyl halides is 3. The van der Waals surface area contributed by atoms with E-state index < -0.39 is 11.7 Å². The van der Waals surface area contributed by atoms with Crippen molar-refractivity contribution < 1.29 is 17.9 Å². The van der Waals surface area contributed by atoms with Gasteiger partial charge in [0.25, 0.3) is 0 Å². The number of imidazole rings is 1. The number of rotatable bonds is 5. The van der Waals surface area contributed by atoms with Crippen LogP contribution in [0.4, 0.5) is 13.2 Å². The third-order valence-corrected chi connectivity index (χ3v) is 4.65. The molecular weight excluding hydrogens is 355 g/mol. The number of nitrogens with one attached hydrogen (secondary N) is 1. The number of hydrogen-bond acceptors (Lipinski definition) is 3. The second-order valence-corrected chi connectivity index (χ2v) is 6.39. The number of methoxy groups -OCH3 is 1. The highest BCUT2D eigenvalue weighted by atomic mass is 35.5. The molecule has 1 N–H and O–H groups in total. The fraction of sp³-hybridized carbons (Fsp3) is 0.471. The second-order valence-electron chi connectivity index (χ2n) is 6.03. The summed E-state index contributed by atoms with van der Waals surface area (Å²) in [6.45, 7) is 1.95. The third-order valence-electron chi connectivity index (χ3n) is 4.37. The first-order valence-electron chi connectivity index (χ1n) is 8.03. The number of ether oxygens (including phenoxy) is 1. The molecule has 4 nitrogen and oxygen atoms in total. The quantitative estimate of drug-likeness (QED) is 0.861. The Kier molecular flexibility index (Phi) is 5.36. The maximum absolute atomic E-state index is 12.6. The monoisotopic (exact) mass is 373 g/mol. The maximum Gasteiger partial charge on any atom is 0.416 e. The first kappa shape index (κ1) is 18.2. The van der Waals surface area contributed by atoms with Gasteiger partial charge in [0.05, 0.1) is 17.3 Å². The summed E-state index contributed by atoms with van der Waals surface area (Å²) < 4.78 is 45.1. The molecule has 0 saturated carbocycles. The normalized spacial score (nSPS) is 17.6. The Balaban J connectivity index is 1.71. The molecule has 2 aromatic rings. The first-order valence-corrected chi connectivity index (χ1v) is 8.41. The summed E-state index contributed by atoms with van der Waals surface area (Å²) in [6, 6.07) is 5.32. The van der Waals surface area contributed by atoms with E-state index in [1.165, 1.54) is 12.1 Å². The molecule has 0 radical (unpaired) electrons. The molecule has 2 heterocycles. The molecule has 1 aliphatic heterocycles. The van der Waals surface area contributed by atoms with Crippen molar-refractivity contribution in [1.29, 1.82) is 0 Å². The van der Waals surface area contributed by atoms with Crippen LogP contribution in [0.25, 0.3) is 0 Å². The van der Waals surface area contributed by atoms with Crippen LogP contribution in [0, 0.1) is 0 Å². The van der Waals surface area contributed by atoms with Gasteiger partial charge < -0.3 is 14.6 Å². The van der Waals surface area contributed by atoms with E-state index in [0.717, 1.165) is 48.7 Å². The second kappa shape index (κ2) is 7.35. The van der Waals surface area contributed by atoms with Gasteiger partial charge in [-0.2, -0.15) is 13.2 Å². The lowest BCUT2D eigenvalue weighted by Crippen LogP contribution is -2.34. The summed E-state index contributed by atoms with van der Waals surface area (Å²) in [5, 5.41) is 3.87. The average Bonchev–Trinajstić information content (AvgIpc) is 2.90. The lowest BCUT2D eigenvalue weighted by atomic mass is 10.0. The van der Waals surface area contributed by atoms with Crippen LogP contribution in [0.15, 0.2) is 24.3 Å². The summed E-state index contributed by atoms with van der Waals surface area (Å²) in [5.74, 6) is 0.795. The van der Waals surface area contributed by atoms with Crippen molar-refractivity contribution in [3.8, 4) is 0 Å². The van der Waals surface area contributed by atoms with Gasteiger partial charge in [-0.25, -0.2) is 4.98 Å². The van der Waals surface area contributed by atoms with Crippen molar-refractivity contribution in [2.24, 2.45) is 0 Å². The highest BCUT2D eigenvalue weighted by molar-refractivity contribution is 6.30. The minimum atomic E-state index is -4.30. The van der Waals surface area contributed by atoms with Crippen LogP contribution in [-0.4, -0.2) is 23.2 Å². The Bertz CT molecular complexity index is 728. The van der Waals surface area contributed by atoms with Crippen LogP contribution in [0.1, 0.15) is 35.1 Å². The van der Waals surface area contributed by atoms with Gasteiger partial charge >= 0.3 is 6.18 Å². The molecule has 0 spiro atoms. The van der Waals surface area contributed by atoms with Gasteiger partial charge in [0.1, 0.15) is 12.4 Å². The van der Waals surface area contributed by atoms with Gasteiger partial charge in [0.15, 0.2) is 5.15 Å². The molecule has 3 rings (SSSR count). The van der Waals surface area contributed by atoms with Crippen LogP contribution in [-0.2, 0) is 30.5 Å². The van der Waals surface area contributed by atoms with Crippen LogP contribution in [0.5, 0.6) is 0 Å². The van der Waals surface area contributed by atoms with Crippen molar-refractivity contribution in [3.63, 3.8) is 0 Å². The number of hydrogen-bond donors (Lipinski definition) is 1. The van der Waals surface area contributed by atoms with E-state index in [9.17, 15) is 13.2 Å². The molecule has 0 aliphatic carbocycles. The summed E-state index contributed by atoms with van der Waals surface area (Å²) in [6.07, 6.45) is -2.93. The Morgan fingerprint density at radius 1 is 1.32 bits per heavy atom. The fourth-order valence-electron chi connectivity index (χ4n) is 3.16. The first-order chi connectivity index (χ1) is 11.9. The predicted octanol–water partition coefficient (Wildman–Crippen LogP) is 3.98. The molecule has 1 aliphatic rings. The number of halogens is 4. The van der Waals surface area contributed by atoms with E-state index in [0.29, 0.717) is 18.2 Å². The van der Waals surface area contributed by atoms with E-state index in [4.69, 9.17) is 16.3 Å². The molecule has 0 fully saturated rings. The summed E-state index contributed by atoms with van der Waals surface area (Å²) >= 11 is 6.29. The topological polar surface area (TPSA) is 39.1 Å². The van der Waals surface area contributed by atoms with Crippen LogP contribution in [0.3, 0.4) is 0 Å². The molecule has 1 aromatic carbocycles. The molecule has 0 bridgehead atoms. The molecule has 0 saturated heterocycles. The molecule has 25 heavy (non-hydrogen) atoms. The van der Waals surface area contributed by atoms with E-state index in [-0.39, 0.29) is 6.04 Å². The zero-order valence-corrected chi connectivity index (χ0v) is 14.5. The maximum atomic E-state index is 12.6. The molecule has 8 heteroatoms. The average molecular weight is 374 g/mol. The van der Waals surface area contributed by atoms with Gasteiger partial charge in [-0.15, -0.1) is 0 Å². The largest absolute Gasteiger partial charge is 0.416 e. The smallest absolute Gasteiger partial charge is 0.377 e. The highest BCUT2D eigenvalue weighted by Crippen LogP contribution is 2.32. The van der Waals surface area contributed by atoms with Gasteiger partial charge in [-0.1, -0.05) is 23.7 Å². The summed E-state index contributed by atoms with van der Waals surface area (Å²) in [7, 11) is 1.61. The van der Waals surface area contributed by atoms with Gasteiger partial charge in [-0.05, 0) is 30.5 Å². The zero-order valence-electron chi connectivity index (χ0n) is 13.7. The standard InChI is InChI=1S/C17H19ClF3N3O/c1-25-10-14-23-16(18)15-13(22-8-9-24(14)15)7-4-11-2-5-12(6-3-11)17(19,20)21/h2-3,5-6,13,22H,4,7-10H2,1H3. The van der Waals surface area contributed by atoms with Crippen molar-refractivity contribution in [2.45, 2.75) is 38.2 Å². The Morgan fingerprint density at radius 2 is 2.04 bits per heavy atom. The van der Waals surface area contributed by atoms with Crippen molar-refractivity contribution >= 4 is 11.6 Å². The molecule has 1 unspecified atom stereocenters. The minimum absolute atomic E-state index is 0.0154. The van der Waals surface area contributed by atoms with E-state index in [2.05, 4.69) is 14.9 Å². The molecule has 1 aromatic heterocycles.